The number of alkyl halides is 2. The molecule has 4 aliphatic rings. The zero-order chi connectivity index (χ0) is 39.3. The molecule has 11 nitrogen and oxygen atoms in total. The number of fused-ring (bicyclic) bond motifs is 3. The Morgan fingerprint density at radius 1 is 0.875 bits per heavy atom. The summed E-state index contributed by atoms with van der Waals surface area (Å²) in [5, 5.41) is 14.8. The normalized spacial score (nSPS) is 19.8. The van der Waals surface area contributed by atoms with E-state index in [0.29, 0.717) is 22.4 Å². The van der Waals surface area contributed by atoms with E-state index in [-0.39, 0.29) is 69.2 Å². The molecule has 2 unspecified atom stereocenters. The smallest absolute Gasteiger partial charge is 0.387 e. The van der Waals surface area contributed by atoms with Crippen molar-refractivity contribution in [1.29, 1.82) is 0 Å². The molecule has 0 spiro atoms. The van der Waals surface area contributed by atoms with E-state index >= 15 is 0 Å². The Morgan fingerprint density at radius 3 is 2.25 bits per heavy atom. The fraction of sp³-hybridized carbons (Fsp3) is 0.366. The van der Waals surface area contributed by atoms with Crippen molar-refractivity contribution < 1.29 is 46.8 Å². The lowest BCUT2D eigenvalue weighted by atomic mass is 9.86. The Labute approximate surface area is 332 Å². The summed E-state index contributed by atoms with van der Waals surface area (Å²) in [6.07, 6.45) is 4.47. The molecule has 294 valence electrons. The largest absolute Gasteiger partial charge is 0.619 e. The number of nitrogens with zero attached hydrogens (tertiary/aromatic N) is 2. The number of carbonyl (C=O) groups is 3. The Kier molecular flexibility index (Phi) is 12.2. The molecule has 8 rings (SSSR count). The Hall–Kier alpha value is -4.98. The molecule has 1 saturated carbocycles. The number of ether oxygens (including phenoxy) is 4. The maximum atomic E-state index is 13.9. The number of hydrogen-bond acceptors (Lipinski definition) is 9. The SMILES string of the molecule is O=C(NC(C(=O)O[C@H]1CN2CCC1CC2)c1ccccc1)c1cccc(C(=O)OC(Cc2c(Cl)c[n+]([O-])cc2Cl)c2ccc(OC(F)F)c(OCC3CC3)c2)c1. The van der Waals surface area contributed by atoms with E-state index in [1.807, 2.05) is 0 Å². The van der Waals surface area contributed by atoms with Gasteiger partial charge in [0.25, 0.3) is 5.91 Å². The highest BCUT2D eigenvalue weighted by molar-refractivity contribution is 6.35. The minimum atomic E-state index is -3.11. The number of piperidine rings is 3. The molecule has 3 saturated heterocycles. The number of rotatable bonds is 15. The second-order valence-corrected chi connectivity index (χ2v) is 15.1. The van der Waals surface area contributed by atoms with Gasteiger partial charge in [-0.15, -0.1) is 0 Å². The quantitative estimate of drug-likeness (QED) is 0.0749. The number of pyridine rings is 1. The van der Waals surface area contributed by atoms with Gasteiger partial charge in [-0.2, -0.15) is 13.5 Å². The Bertz CT molecular complexity index is 2040. The number of hydrogen-bond donors (Lipinski definition) is 1. The van der Waals surface area contributed by atoms with Crippen LogP contribution < -0.4 is 19.5 Å². The molecule has 1 N–H and O–H groups in total. The second-order valence-electron chi connectivity index (χ2n) is 14.2. The van der Waals surface area contributed by atoms with Gasteiger partial charge in [-0.3, -0.25) is 9.69 Å². The van der Waals surface area contributed by atoms with E-state index in [1.54, 1.807) is 30.3 Å². The average molecular weight is 811 g/mol. The lowest BCUT2D eigenvalue weighted by molar-refractivity contribution is -0.605. The molecule has 1 amide bonds. The zero-order valence-electron chi connectivity index (χ0n) is 30.1. The predicted octanol–water partition coefficient (Wildman–Crippen LogP) is 7.27. The third kappa shape index (κ3) is 9.69. The van der Waals surface area contributed by atoms with Gasteiger partial charge in [0.05, 0.1) is 12.2 Å². The molecule has 4 fully saturated rings. The van der Waals surface area contributed by atoms with Gasteiger partial charge in [0.1, 0.15) is 22.3 Å². The summed E-state index contributed by atoms with van der Waals surface area (Å²) in [6, 6.07) is 17.6. The molecule has 4 heterocycles. The van der Waals surface area contributed by atoms with Gasteiger partial charge in [0.2, 0.25) is 0 Å². The van der Waals surface area contributed by atoms with Crippen molar-refractivity contribution in [1.82, 2.24) is 10.2 Å². The van der Waals surface area contributed by atoms with Crippen LogP contribution in [-0.2, 0) is 20.7 Å². The van der Waals surface area contributed by atoms with Crippen LogP contribution in [0.25, 0.3) is 0 Å². The number of esters is 2. The molecule has 4 aromatic rings. The third-order valence-corrected chi connectivity index (χ3v) is 10.9. The zero-order valence-corrected chi connectivity index (χ0v) is 31.6. The van der Waals surface area contributed by atoms with Crippen molar-refractivity contribution >= 4 is 41.0 Å². The maximum absolute atomic E-state index is 13.9. The number of benzene rings is 3. The Morgan fingerprint density at radius 2 is 1.59 bits per heavy atom. The fourth-order valence-corrected chi connectivity index (χ4v) is 7.64. The van der Waals surface area contributed by atoms with Gasteiger partial charge < -0.3 is 29.5 Å². The number of aromatic nitrogens is 1. The lowest BCUT2D eigenvalue weighted by Crippen LogP contribution is -2.52. The standard InChI is InChI=1S/C41H39Cl2F2N3O8/c42-31-20-48(52)21-32(43)30(31)19-34(27-11-12-33(56-41(44)45)35(18-27)53-23-24-9-10-24)54-39(50)29-8-4-7-28(17-29)38(49)46-37(26-5-2-1-3-6-26)40(51)55-36-22-47-15-13-25(36)14-16-47/h1-8,11-12,17-18,20-21,24-25,34,36-37,41H,9-10,13-16,19,22-23H2,(H,46,49)/t34?,36-,37?/m0/s1. The molecule has 3 atom stereocenters. The van der Waals surface area contributed by atoms with Crippen molar-refractivity contribution in [3.63, 3.8) is 0 Å². The highest BCUT2D eigenvalue weighted by Crippen LogP contribution is 2.38. The van der Waals surface area contributed by atoms with Gasteiger partial charge in [-0.05, 0) is 92.1 Å². The van der Waals surface area contributed by atoms with Gasteiger partial charge >= 0.3 is 18.6 Å². The molecular weight excluding hydrogens is 771 g/mol. The van der Waals surface area contributed by atoms with Crippen LogP contribution in [-0.4, -0.2) is 61.7 Å². The number of amides is 1. The Balaban J connectivity index is 1.13. The van der Waals surface area contributed by atoms with Gasteiger partial charge in [-0.25, -0.2) is 9.59 Å². The van der Waals surface area contributed by atoms with Gasteiger partial charge in [0, 0.05) is 24.1 Å². The van der Waals surface area contributed by atoms with Crippen LogP contribution in [0.1, 0.15) is 75.2 Å². The predicted molar refractivity (Wildman–Crippen MR) is 201 cm³/mol. The molecular formula is C41H39Cl2F2N3O8. The fourth-order valence-electron chi connectivity index (χ4n) is 7.05. The molecule has 1 aliphatic carbocycles. The van der Waals surface area contributed by atoms with E-state index in [2.05, 4.69) is 10.2 Å². The highest BCUT2D eigenvalue weighted by Gasteiger charge is 2.38. The average Bonchev–Trinajstić information content (AvgIpc) is 4.03. The maximum Gasteiger partial charge on any atom is 0.387 e. The van der Waals surface area contributed by atoms with E-state index in [9.17, 15) is 28.4 Å². The van der Waals surface area contributed by atoms with Crippen LogP contribution in [0.15, 0.2) is 85.2 Å². The first kappa shape index (κ1) is 39.3. The van der Waals surface area contributed by atoms with Crippen LogP contribution in [0.5, 0.6) is 11.5 Å². The van der Waals surface area contributed by atoms with E-state index < -0.39 is 36.6 Å². The van der Waals surface area contributed by atoms with E-state index in [4.69, 9.17) is 42.1 Å². The van der Waals surface area contributed by atoms with Crippen molar-refractivity contribution in [3.8, 4) is 11.5 Å². The molecule has 2 bridgehead atoms. The first-order chi connectivity index (χ1) is 27.0. The van der Waals surface area contributed by atoms with Crippen LogP contribution in [0.4, 0.5) is 8.78 Å². The van der Waals surface area contributed by atoms with Gasteiger partial charge in [0.15, 0.2) is 29.9 Å². The summed E-state index contributed by atoms with van der Waals surface area (Å²) in [6.45, 7) is -0.220. The summed E-state index contributed by atoms with van der Waals surface area (Å²) < 4.78 is 49.6. The molecule has 0 radical (unpaired) electrons. The minimum absolute atomic E-state index is 0.000663. The summed E-state index contributed by atoms with van der Waals surface area (Å²) in [7, 11) is 0. The first-order valence-electron chi connectivity index (χ1n) is 18.4. The molecule has 56 heavy (non-hydrogen) atoms. The summed E-state index contributed by atoms with van der Waals surface area (Å²) >= 11 is 12.8. The molecule has 3 aliphatic heterocycles. The van der Waals surface area contributed by atoms with Crippen molar-refractivity contribution in [2.75, 3.05) is 26.2 Å². The summed E-state index contributed by atoms with van der Waals surface area (Å²) in [5.41, 5.74) is 1.23. The second kappa shape index (κ2) is 17.4. The van der Waals surface area contributed by atoms with E-state index in [0.717, 1.165) is 51.2 Å². The monoisotopic (exact) mass is 809 g/mol. The first-order valence-corrected chi connectivity index (χ1v) is 19.1. The number of nitrogens with one attached hydrogen (secondary N) is 1. The van der Waals surface area contributed by atoms with Gasteiger partial charge in [-0.1, -0.05) is 65.7 Å². The van der Waals surface area contributed by atoms with Crippen molar-refractivity contribution in [2.24, 2.45) is 11.8 Å². The number of carbonyl (C=O) groups excluding carboxylic acids is 3. The summed E-state index contributed by atoms with van der Waals surface area (Å²) in [5.74, 6) is -1.66. The van der Waals surface area contributed by atoms with Crippen molar-refractivity contribution in [3.05, 3.63) is 128 Å². The third-order valence-electron chi connectivity index (χ3n) is 10.3. The molecule has 1 aromatic heterocycles. The van der Waals surface area contributed by atoms with E-state index in [1.165, 1.54) is 42.5 Å². The van der Waals surface area contributed by atoms with Crippen LogP contribution in [0.3, 0.4) is 0 Å². The minimum Gasteiger partial charge on any atom is -0.619 e. The highest BCUT2D eigenvalue weighted by atomic mass is 35.5. The summed E-state index contributed by atoms with van der Waals surface area (Å²) in [4.78, 5) is 43.6. The van der Waals surface area contributed by atoms with Crippen molar-refractivity contribution in [2.45, 2.75) is 57.0 Å². The van der Waals surface area contributed by atoms with Crippen LogP contribution >= 0.6 is 23.2 Å². The molecule has 3 aromatic carbocycles. The number of halogens is 4. The topological polar surface area (TPSA) is 130 Å². The lowest BCUT2D eigenvalue weighted by Gasteiger charge is -2.44. The van der Waals surface area contributed by atoms with Crippen LogP contribution in [0.2, 0.25) is 10.0 Å². The molecule has 15 heteroatoms. The van der Waals surface area contributed by atoms with Crippen LogP contribution in [0, 0.1) is 17.0 Å².